The second kappa shape index (κ2) is 12.8. The summed E-state index contributed by atoms with van der Waals surface area (Å²) >= 11 is 12.8. The molecule has 2 aromatic carbocycles. The van der Waals surface area contributed by atoms with Crippen LogP contribution >= 0.6 is 23.2 Å². The molecule has 0 N–H and O–H groups in total. The topological polar surface area (TPSA) is 59.1 Å². The number of hydrogen-bond acceptors (Lipinski definition) is 4. The Morgan fingerprint density at radius 3 is 2.49 bits per heavy atom. The average molecular weight is 602 g/mol. The van der Waals surface area contributed by atoms with Gasteiger partial charge < -0.3 is 19.3 Å². The fourth-order valence-corrected chi connectivity index (χ4v) is 6.62. The molecule has 2 fully saturated rings. The molecule has 2 amide bonds. The summed E-state index contributed by atoms with van der Waals surface area (Å²) < 4.78 is 12.0. The predicted octanol–water partition coefficient (Wildman–Crippen LogP) is 8.05. The number of morpholine rings is 1. The molecule has 0 aromatic heterocycles. The molecule has 0 aliphatic carbocycles. The van der Waals surface area contributed by atoms with E-state index in [-0.39, 0.29) is 36.1 Å². The Labute approximate surface area is 254 Å². The highest BCUT2D eigenvalue weighted by molar-refractivity contribution is 6.30. The van der Waals surface area contributed by atoms with Crippen LogP contribution in [0.5, 0.6) is 0 Å². The summed E-state index contributed by atoms with van der Waals surface area (Å²) in [5.41, 5.74) is 0.783. The molecule has 6 nitrogen and oxygen atoms in total. The van der Waals surface area contributed by atoms with Gasteiger partial charge in [0.1, 0.15) is 5.60 Å². The fourth-order valence-electron chi connectivity index (χ4n) is 6.29. The highest BCUT2D eigenvalue weighted by Crippen LogP contribution is 2.52. The Morgan fingerprint density at radius 2 is 1.88 bits per heavy atom. The highest BCUT2D eigenvalue weighted by Gasteiger charge is 2.52. The number of benzene rings is 2. The van der Waals surface area contributed by atoms with Crippen LogP contribution in [0.1, 0.15) is 77.0 Å². The fraction of sp³-hybridized carbons (Fsp3) is 0.515. The molecule has 2 heterocycles. The van der Waals surface area contributed by atoms with Crippen molar-refractivity contribution < 1.29 is 19.1 Å². The third-order valence-electron chi connectivity index (χ3n) is 8.14. The van der Waals surface area contributed by atoms with E-state index in [1.54, 1.807) is 4.90 Å². The monoisotopic (exact) mass is 600 g/mol. The molecule has 8 heteroatoms. The van der Waals surface area contributed by atoms with Gasteiger partial charge in [0.15, 0.2) is 0 Å². The van der Waals surface area contributed by atoms with Gasteiger partial charge in [0.05, 0.1) is 36.8 Å². The molecule has 0 spiro atoms. The van der Waals surface area contributed by atoms with Gasteiger partial charge in [-0.2, -0.15) is 0 Å². The first-order valence-corrected chi connectivity index (χ1v) is 15.2. The van der Waals surface area contributed by atoms with Crippen LogP contribution in [0.2, 0.25) is 10.0 Å². The number of ether oxygens (including phenoxy) is 2. The smallest absolute Gasteiger partial charge is 0.410 e. The molecule has 222 valence electrons. The van der Waals surface area contributed by atoms with Crippen molar-refractivity contribution in [3.05, 3.63) is 82.4 Å². The molecule has 0 bridgehead atoms. The van der Waals surface area contributed by atoms with Crippen molar-refractivity contribution in [3.8, 4) is 0 Å². The predicted molar refractivity (Wildman–Crippen MR) is 164 cm³/mol. The number of amides is 2. The van der Waals surface area contributed by atoms with E-state index in [1.807, 2.05) is 81.1 Å². The van der Waals surface area contributed by atoms with Crippen molar-refractivity contribution in [2.45, 2.75) is 83.6 Å². The lowest BCUT2D eigenvalue weighted by molar-refractivity contribution is -0.163. The van der Waals surface area contributed by atoms with Crippen LogP contribution in [0, 0.1) is 5.41 Å². The van der Waals surface area contributed by atoms with Gasteiger partial charge in [-0.25, -0.2) is 4.79 Å². The van der Waals surface area contributed by atoms with E-state index in [9.17, 15) is 9.59 Å². The van der Waals surface area contributed by atoms with Gasteiger partial charge in [-0.3, -0.25) is 4.79 Å². The molecule has 0 saturated carbocycles. The Kier molecular flexibility index (Phi) is 9.77. The maximum Gasteiger partial charge on any atom is 0.410 e. The Bertz CT molecular complexity index is 1240. The van der Waals surface area contributed by atoms with Crippen LogP contribution < -0.4 is 0 Å². The number of likely N-dealkylation sites (tertiary alicyclic amines) is 1. The summed E-state index contributed by atoms with van der Waals surface area (Å²) in [7, 11) is 0. The van der Waals surface area contributed by atoms with Crippen LogP contribution in [0.4, 0.5) is 4.79 Å². The first-order valence-electron chi connectivity index (χ1n) is 14.4. The summed E-state index contributed by atoms with van der Waals surface area (Å²) in [4.78, 5) is 31.4. The van der Waals surface area contributed by atoms with E-state index in [1.165, 1.54) is 0 Å². The van der Waals surface area contributed by atoms with Crippen LogP contribution in [0.3, 0.4) is 0 Å². The zero-order valence-corrected chi connectivity index (χ0v) is 26.3. The van der Waals surface area contributed by atoms with E-state index < -0.39 is 11.0 Å². The molecular weight excluding hydrogens is 559 g/mol. The Hall–Kier alpha value is -2.54. The minimum Gasteiger partial charge on any atom is -0.444 e. The van der Waals surface area contributed by atoms with Gasteiger partial charge in [0, 0.05) is 22.5 Å². The third kappa shape index (κ3) is 7.10. The minimum absolute atomic E-state index is 0.0443. The summed E-state index contributed by atoms with van der Waals surface area (Å²) in [5.74, 6) is 0.0117. The van der Waals surface area contributed by atoms with Gasteiger partial charge in [0.25, 0.3) is 0 Å². The first-order chi connectivity index (χ1) is 19.4. The average Bonchev–Trinajstić information content (AvgIpc) is 2.91. The zero-order valence-electron chi connectivity index (χ0n) is 24.7. The molecule has 0 radical (unpaired) electrons. The molecule has 5 atom stereocenters. The van der Waals surface area contributed by atoms with Crippen LogP contribution in [0.25, 0.3) is 0 Å². The highest BCUT2D eigenvalue weighted by atomic mass is 35.5. The number of halogens is 2. The number of hydrogen-bond donors (Lipinski definition) is 0. The van der Waals surface area contributed by atoms with Crippen molar-refractivity contribution in [1.82, 2.24) is 9.80 Å². The van der Waals surface area contributed by atoms with Crippen LogP contribution in [0.15, 0.2) is 61.2 Å². The number of carbonyl (C=O) groups is 2. The quantitative estimate of drug-likeness (QED) is 0.302. The van der Waals surface area contributed by atoms with E-state index >= 15 is 0 Å². The third-order valence-corrected chi connectivity index (χ3v) is 8.62. The van der Waals surface area contributed by atoms with Gasteiger partial charge in [-0.15, -0.1) is 6.58 Å². The van der Waals surface area contributed by atoms with Gasteiger partial charge in [-0.05, 0) is 75.4 Å². The van der Waals surface area contributed by atoms with Crippen molar-refractivity contribution in [2.75, 3.05) is 19.7 Å². The van der Waals surface area contributed by atoms with Gasteiger partial charge in [-0.1, -0.05) is 67.4 Å². The molecule has 4 rings (SSSR count). The Morgan fingerprint density at radius 1 is 1.17 bits per heavy atom. The summed E-state index contributed by atoms with van der Waals surface area (Å²) in [6.45, 7) is 14.8. The molecule has 2 saturated heterocycles. The van der Waals surface area contributed by atoms with E-state index in [0.29, 0.717) is 49.0 Å². The lowest BCUT2D eigenvalue weighted by atomic mass is 9.67. The number of rotatable bonds is 7. The second-order valence-corrected chi connectivity index (χ2v) is 13.3. The van der Waals surface area contributed by atoms with Crippen molar-refractivity contribution in [3.63, 3.8) is 0 Å². The van der Waals surface area contributed by atoms with Gasteiger partial charge in [0.2, 0.25) is 5.91 Å². The maximum absolute atomic E-state index is 14.6. The molecule has 2 aliphatic heterocycles. The normalized spacial score (nSPS) is 26.0. The lowest BCUT2D eigenvalue weighted by Crippen LogP contribution is -2.61. The molecule has 1 unspecified atom stereocenters. The molecular formula is C33H42Cl2N2O4. The molecule has 2 aliphatic rings. The van der Waals surface area contributed by atoms with Crippen LogP contribution in [-0.2, 0) is 14.3 Å². The standard InChI is InChI=1S/C33H42Cl2N2O4/c1-7-16-33(6)20-26(23-10-9-11-25(35)19-23)29(22-12-14-24(34)15-13-22)37(30(33)38)27(8-2)28-21-36(17-18-40-28)31(39)41-32(3,4)5/h7,9-15,19,26-29H,1,8,16-18,20-21H2,2-6H3/t26?,27-,28+,29-,33+/m1/s1. The minimum atomic E-state index is -0.676. The zero-order chi connectivity index (χ0) is 29.9. The van der Waals surface area contributed by atoms with Gasteiger partial charge >= 0.3 is 6.09 Å². The SMILES string of the molecule is C=CC[C@@]1(C)CC(c2cccc(Cl)c2)[C@@H](c2ccc(Cl)cc2)N([C@H](CC)[C@@H]2CN(C(=O)OC(C)(C)C)CCO2)C1=O. The second-order valence-electron chi connectivity index (χ2n) is 12.4. The number of carbonyl (C=O) groups excluding carboxylic acids is 2. The summed E-state index contributed by atoms with van der Waals surface area (Å²) in [6, 6.07) is 15.1. The largest absolute Gasteiger partial charge is 0.444 e. The van der Waals surface area contributed by atoms with E-state index in [4.69, 9.17) is 32.7 Å². The van der Waals surface area contributed by atoms with Crippen molar-refractivity contribution in [2.24, 2.45) is 5.41 Å². The number of piperidine rings is 1. The van der Waals surface area contributed by atoms with Crippen molar-refractivity contribution >= 4 is 35.2 Å². The lowest BCUT2D eigenvalue weighted by Gasteiger charge is -2.54. The van der Waals surface area contributed by atoms with E-state index in [2.05, 4.69) is 19.6 Å². The molecule has 2 aromatic rings. The van der Waals surface area contributed by atoms with Crippen LogP contribution in [-0.4, -0.2) is 59.2 Å². The van der Waals surface area contributed by atoms with Crippen molar-refractivity contribution in [1.29, 1.82) is 0 Å². The van der Waals surface area contributed by atoms with E-state index in [0.717, 1.165) is 11.1 Å². The summed E-state index contributed by atoms with van der Waals surface area (Å²) in [5, 5.41) is 1.29. The first kappa shape index (κ1) is 31.4. The summed E-state index contributed by atoms with van der Waals surface area (Å²) in [6.07, 6.45) is 2.90. The Balaban J connectivity index is 1.81. The number of nitrogens with zero attached hydrogens (tertiary/aromatic N) is 2. The molecule has 41 heavy (non-hydrogen) atoms. The maximum atomic E-state index is 14.6. The number of allylic oxidation sites excluding steroid dienone is 1.